The molecule has 3 rings (SSSR count). The maximum absolute atomic E-state index is 12.1. The lowest BCUT2D eigenvalue weighted by Crippen LogP contribution is -2.23. The predicted octanol–water partition coefficient (Wildman–Crippen LogP) is 4.24. The van der Waals surface area contributed by atoms with Crippen LogP contribution in [0.1, 0.15) is 42.5 Å². The van der Waals surface area contributed by atoms with Gasteiger partial charge in [0, 0.05) is 16.1 Å². The number of halogens is 1. The molecule has 1 saturated carbocycles. The Morgan fingerprint density at radius 3 is 2.26 bits per heavy atom. The monoisotopic (exact) mass is 374 g/mol. The number of anilines is 2. The van der Waals surface area contributed by atoms with E-state index in [1.54, 1.807) is 18.2 Å². The zero-order chi connectivity index (χ0) is 16.1. The van der Waals surface area contributed by atoms with Gasteiger partial charge in [0.05, 0.1) is 0 Å². The molecular formula is C17H19BrN4O. The first kappa shape index (κ1) is 15.9. The Balaban J connectivity index is 1.58. The van der Waals surface area contributed by atoms with Crippen LogP contribution in [-0.4, -0.2) is 22.1 Å². The highest BCUT2D eigenvalue weighted by atomic mass is 79.9. The summed E-state index contributed by atoms with van der Waals surface area (Å²) in [5.41, 5.74) is 0.583. The minimum atomic E-state index is -0.195. The van der Waals surface area contributed by atoms with Crippen molar-refractivity contribution in [2.45, 2.75) is 38.1 Å². The van der Waals surface area contributed by atoms with Crippen molar-refractivity contribution in [2.75, 3.05) is 10.6 Å². The molecular weight excluding hydrogens is 356 g/mol. The van der Waals surface area contributed by atoms with Gasteiger partial charge in [-0.3, -0.25) is 4.79 Å². The molecule has 2 aromatic rings. The molecule has 0 spiro atoms. The summed E-state index contributed by atoms with van der Waals surface area (Å²) in [4.78, 5) is 12.1. The third-order valence-electron chi connectivity index (χ3n) is 3.97. The quantitative estimate of drug-likeness (QED) is 0.839. The van der Waals surface area contributed by atoms with Crippen LogP contribution in [0.25, 0.3) is 0 Å². The van der Waals surface area contributed by atoms with Gasteiger partial charge in [-0.15, -0.1) is 10.2 Å². The summed E-state index contributed by atoms with van der Waals surface area (Å²) in [6, 6.07) is 11.3. The van der Waals surface area contributed by atoms with E-state index in [2.05, 4.69) is 36.8 Å². The second-order valence-corrected chi connectivity index (χ2v) is 6.66. The van der Waals surface area contributed by atoms with Gasteiger partial charge in [0.1, 0.15) is 5.82 Å². The Hall–Kier alpha value is -1.95. The lowest BCUT2D eigenvalue weighted by molar-refractivity contribution is 0.102. The van der Waals surface area contributed by atoms with Crippen molar-refractivity contribution in [1.82, 2.24) is 10.2 Å². The molecule has 1 aromatic heterocycles. The molecule has 1 heterocycles. The largest absolute Gasteiger partial charge is 0.366 e. The Morgan fingerprint density at radius 1 is 0.957 bits per heavy atom. The standard InChI is InChI=1S/C17H19BrN4O/c18-13-8-6-12(7-9-13)17(23)20-16-11-10-15(21-22-16)19-14-4-2-1-3-5-14/h6-11,14H,1-5H2,(H,19,21)(H,20,22,23). The Labute approximate surface area is 144 Å². The van der Waals surface area contributed by atoms with E-state index in [-0.39, 0.29) is 5.91 Å². The molecule has 120 valence electrons. The maximum Gasteiger partial charge on any atom is 0.256 e. The van der Waals surface area contributed by atoms with Gasteiger partial charge in [0.25, 0.3) is 5.91 Å². The number of hydrogen-bond acceptors (Lipinski definition) is 4. The molecule has 1 amide bonds. The summed E-state index contributed by atoms with van der Waals surface area (Å²) in [5, 5.41) is 14.4. The molecule has 1 aromatic carbocycles. The maximum atomic E-state index is 12.1. The number of carbonyl (C=O) groups excluding carboxylic acids is 1. The third-order valence-corrected chi connectivity index (χ3v) is 4.50. The summed E-state index contributed by atoms with van der Waals surface area (Å²) in [7, 11) is 0. The van der Waals surface area contributed by atoms with Crippen LogP contribution >= 0.6 is 15.9 Å². The first-order chi connectivity index (χ1) is 11.2. The number of amides is 1. The van der Waals surface area contributed by atoms with Crippen LogP contribution < -0.4 is 10.6 Å². The minimum absolute atomic E-state index is 0.195. The summed E-state index contributed by atoms with van der Waals surface area (Å²) in [6.07, 6.45) is 6.23. The van der Waals surface area contributed by atoms with E-state index < -0.39 is 0 Å². The zero-order valence-corrected chi connectivity index (χ0v) is 14.3. The first-order valence-corrected chi connectivity index (χ1v) is 8.67. The highest BCUT2D eigenvalue weighted by Crippen LogP contribution is 2.21. The molecule has 0 radical (unpaired) electrons. The molecule has 2 N–H and O–H groups in total. The Kier molecular flexibility index (Phi) is 5.23. The number of carbonyl (C=O) groups is 1. The van der Waals surface area contributed by atoms with E-state index in [1.807, 2.05) is 18.2 Å². The van der Waals surface area contributed by atoms with Crippen molar-refractivity contribution < 1.29 is 4.79 Å². The van der Waals surface area contributed by atoms with Crippen molar-refractivity contribution >= 4 is 33.5 Å². The van der Waals surface area contributed by atoms with Crippen molar-refractivity contribution in [1.29, 1.82) is 0 Å². The normalized spacial score (nSPS) is 15.2. The smallest absolute Gasteiger partial charge is 0.256 e. The van der Waals surface area contributed by atoms with Crippen molar-refractivity contribution in [3.8, 4) is 0 Å². The first-order valence-electron chi connectivity index (χ1n) is 7.88. The molecule has 1 aliphatic rings. The SMILES string of the molecule is O=C(Nc1ccc(NC2CCCCC2)nn1)c1ccc(Br)cc1. The van der Waals surface area contributed by atoms with E-state index in [4.69, 9.17) is 0 Å². The molecule has 0 bridgehead atoms. The summed E-state index contributed by atoms with van der Waals surface area (Å²) < 4.78 is 0.937. The van der Waals surface area contributed by atoms with E-state index in [0.29, 0.717) is 17.4 Å². The minimum Gasteiger partial charge on any atom is -0.366 e. The van der Waals surface area contributed by atoms with Crippen LogP contribution in [0.15, 0.2) is 40.9 Å². The van der Waals surface area contributed by atoms with Crippen LogP contribution in [0.4, 0.5) is 11.6 Å². The summed E-state index contributed by atoms with van der Waals surface area (Å²) in [5.74, 6) is 1.02. The summed E-state index contributed by atoms with van der Waals surface area (Å²) in [6.45, 7) is 0. The van der Waals surface area contributed by atoms with Gasteiger partial charge in [0.15, 0.2) is 5.82 Å². The molecule has 0 atom stereocenters. The van der Waals surface area contributed by atoms with E-state index >= 15 is 0 Å². The third kappa shape index (κ3) is 4.51. The molecule has 0 unspecified atom stereocenters. The van der Waals surface area contributed by atoms with Gasteiger partial charge in [-0.2, -0.15) is 0 Å². The Bertz CT molecular complexity index is 651. The van der Waals surface area contributed by atoms with Gasteiger partial charge < -0.3 is 10.6 Å². The van der Waals surface area contributed by atoms with E-state index in [9.17, 15) is 4.79 Å². The lowest BCUT2D eigenvalue weighted by Gasteiger charge is -2.22. The fourth-order valence-electron chi connectivity index (χ4n) is 2.72. The van der Waals surface area contributed by atoms with Crippen LogP contribution in [-0.2, 0) is 0 Å². The Morgan fingerprint density at radius 2 is 1.61 bits per heavy atom. The number of aromatic nitrogens is 2. The summed E-state index contributed by atoms with van der Waals surface area (Å²) >= 11 is 3.35. The average Bonchev–Trinajstić information content (AvgIpc) is 2.58. The fraction of sp³-hybridized carbons (Fsp3) is 0.353. The van der Waals surface area contributed by atoms with Gasteiger partial charge in [-0.05, 0) is 49.2 Å². The van der Waals surface area contributed by atoms with E-state index in [1.165, 1.54) is 32.1 Å². The van der Waals surface area contributed by atoms with Crippen LogP contribution in [0.3, 0.4) is 0 Å². The fourth-order valence-corrected chi connectivity index (χ4v) is 2.99. The second kappa shape index (κ2) is 7.55. The molecule has 0 aliphatic heterocycles. The highest BCUT2D eigenvalue weighted by molar-refractivity contribution is 9.10. The molecule has 1 fully saturated rings. The number of rotatable bonds is 4. The number of nitrogens with zero attached hydrogens (tertiary/aromatic N) is 2. The van der Waals surface area contributed by atoms with Gasteiger partial charge >= 0.3 is 0 Å². The zero-order valence-electron chi connectivity index (χ0n) is 12.8. The van der Waals surface area contributed by atoms with Gasteiger partial charge in [-0.25, -0.2) is 0 Å². The molecule has 6 heteroatoms. The lowest BCUT2D eigenvalue weighted by atomic mass is 9.95. The topological polar surface area (TPSA) is 66.9 Å². The van der Waals surface area contributed by atoms with Crippen molar-refractivity contribution in [3.05, 3.63) is 46.4 Å². The number of nitrogens with one attached hydrogen (secondary N) is 2. The molecule has 23 heavy (non-hydrogen) atoms. The predicted molar refractivity (Wildman–Crippen MR) is 94.6 cm³/mol. The van der Waals surface area contributed by atoms with Crippen molar-refractivity contribution in [3.63, 3.8) is 0 Å². The molecule has 0 saturated heterocycles. The number of benzene rings is 1. The van der Waals surface area contributed by atoms with Crippen LogP contribution in [0, 0.1) is 0 Å². The van der Waals surface area contributed by atoms with Gasteiger partial charge in [0.2, 0.25) is 0 Å². The van der Waals surface area contributed by atoms with E-state index in [0.717, 1.165) is 10.3 Å². The second-order valence-electron chi connectivity index (χ2n) is 5.74. The van der Waals surface area contributed by atoms with Gasteiger partial charge in [-0.1, -0.05) is 35.2 Å². The van der Waals surface area contributed by atoms with Crippen molar-refractivity contribution in [2.24, 2.45) is 0 Å². The average molecular weight is 375 g/mol. The molecule has 1 aliphatic carbocycles. The highest BCUT2D eigenvalue weighted by Gasteiger charge is 2.14. The van der Waals surface area contributed by atoms with Crippen LogP contribution in [0.2, 0.25) is 0 Å². The molecule has 5 nitrogen and oxygen atoms in total. The number of hydrogen-bond donors (Lipinski definition) is 2. The van der Waals surface area contributed by atoms with Crippen LogP contribution in [0.5, 0.6) is 0 Å².